The van der Waals surface area contributed by atoms with E-state index in [1.165, 1.54) is 0 Å². The number of thioether (sulfide) groups is 2. The van der Waals surface area contributed by atoms with Gasteiger partial charge in [0, 0.05) is 18.3 Å². The third-order valence-corrected chi connectivity index (χ3v) is 17.2. The fraction of sp³-hybridized carbons (Fsp3) is 0.593. The summed E-state index contributed by atoms with van der Waals surface area (Å²) in [6, 6.07) is 16.0. The molecule has 4 N–H and O–H groups in total. The Kier molecular flexibility index (Phi) is 46.1. The average molecular weight is 1350 g/mol. The van der Waals surface area contributed by atoms with Crippen LogP contribution in [-0.4, -0.2) is 124 Å². The molecule has 4 fully saturated rings. The number of Topliss-reactive ketones (excluding diaryl/α,β-unsaturated/α-hetero) is 1. The zero-order valence-corrected chi connectivity index (χ0v) is 59.5. The first-order valence-electron chi connectivity index (χ1n) is 24.7. The number of hydrogen-bond donors (Lipinski definition) is 4. The number of ketones is 1. The molecule has 2 aromatic carbocycles. The first-order chi connectivity index (χ1) is 33.5. The number of carbonyl (C=O) groups excluding carboxylic acids is 5. The van der Waals surface area contributed by atoms with Crippen LogP contribution in [0.5, 0.6) is 0 Å². The molecular formula is C54H92N6O7S13. The largest absolute Gasteiger partial charge is 0.368 e. The van der Waals surface area contributed by atoms with E-state index in [2.05, 4.69) is 72.6 Å². The molecular weight excluding hydrogens is 1260 g/mol. The number of thiocarbonyl (C=S) groups is 1. The highest BCUT2D eigenvalue weighted by Crippen LogP contribution is 2.48. The van der Waals surface area contributed by atoms with Gasteiger partial charge in [0.1, 0.15) is 37.1 Å². The van der Waals surface area contributed by atoms with E-state index in [0.29, 0.717) is 30.7 Å². The molecule has 26 heteroatoms. The number of fused-ring (bicyclic) bond motifs is 2. The summed E-state index contributed by atoms with van der Waals surface area (Å²) in [4.78, 5) is 74.3. The molecule has 0 radical (unpaired) electrons. The Morgan fingerprint density at radius 3 is 1.50 bits per heavy atom. The van der Waals surface area contributed by atoms with E-state index in [4.69, 9.17) is 21.7 Å². The third-order valence-electron chi connectivity index (χ3n) is 14.1. The van der Waals surface area contributed by atoms with E-state index in [0.717, 1.165) is 29.1 Å². The lowest BCUT2D eigenvalue weighted by atomic mass is 9.83. The summed E-state index contributed by atoms with van der Waals surface area (Å²) >= 11 is 9.08. The molecule has 0 aromatic heterocycles. The van der Waals surface area contributed by atoms with E-state index < -0.39 is 47.0 Å². The quantitative estimate of drug-likeness (QED) is 0.0623. The summed E-state index contributed by atoms with van der Waals surface area (Å²) in [5.74, 6) is 12.0. The summed E-state index contributed by atoms with van der Waals surface area (Å²) in [5.41, 5.74) is 0.763. The van der Waals surface area contributed by atoms with Crippen molar-refractivity contribution in [1.29, 1.82) is 0 Å². The van der Waals surface area contributed by atoms with Crippen LogP contribution in [0.25, 0.3) is 0 Å². The predicted octanol–water partition coefficient (Wildman–Crippen LogP) is 7.56. The van der Waals surface area contributed by atoms with Crippen LogP contribution >= 0.6 is 171 Å². The Bertz CT molecular complexity index is 2170. The molecule has 4 amide bonds. The number of amides is 4. The predicted molar refractivity (Wildman–Crippen MR) is 386 cm³/mol. The molecule has 0 saturated carbocycles. The number of hydrogen-bond acceptors (Lipinski definition) is 11. The standard InChI is InChI=1S/C54H72N6O7S3.10H2S/c1-9-35(2)50(68)58-40-25-29-70-45-32-54(6,7)47(60(45)52(40)65)49(63)57-42(38-22-16-13-17-23-38)34-67-27-19-11-10-18-26-66-33-41(37-20-14-12-15-21-37)56-48(62)46-53(4,5)31-44-59(46)51(64)39(24-28-69-44)30-43(61)36(3)55-8;;;;;;;;;;/h12-17,20-23,35-36,39-42,44-47,55H,9,24-34H2,1-8H3,(H,56,62)(H,57,63)(H,58,68);10*1H2/t35-,36+,39-,40+,41-,42-,44+,45+,46-,47-;;;;;;;;;;/m1........../s1. The molecule has 4 aliphatic heterocycles. The maximum atomic E-state index is 14.4. The Hall–Kier alpha value is -0.920. The molecule has 10 atom stereocenters. The first-order valence-corrected chi connectivity index (χ1v) is 27.2. The Morgan fingerprint density at radius 2 is 1.09 bits per heavy atom. The van der Waals surface area contributed by atoms with E-state index >= 15 is 0 Å². The number of rotatable bonds is 19. The minimum atomic E-state index is -0.718. The fourth-order valence-corrected chi connectivity index (χ4v) is 13.3. The molecule has 0 aliphatic carbocycles. The van der Waals surface area contributed by atoms with Crippen LogP contribution in [0.2, 0.25) is 0 Å². The summed E-state index contributed by atoms with van der Waals surface area (Å²) in [7, 11) is 1.73. The molecule has 4 heterocycles. The summed E-state index contributed by atoms with van der Waals surface area (Å²) < 4.78 is 12.0. The molecule has 4 saturated heterocycles. The van der Waals surface area contributed by atoms with Gasteiger partial charge in [-0.2, -0.15) is 135 Å². The smallest absolute Gasteiger partial charge is 0.246 e. The van der Waals surface area contributed by atoms with E-state index in [-0.39, 0.29) is 220 Å². The monoisotopic (exact) mass is 1350 g/mol. The molecule has 0 bridgehead atoms. The number of nitrogens with zero attached hydrogens (tertiary/aromatic N) is 2. The maximum Gasteiger partial charge on any atom is 0.246 e. The third kappa shape index (κ3) is 23.4. The van der Waals surface area contributed by atoms with Crippen LogP contribution in [0.3, 0.4) is 0 Å². The van der Waals surface area contributed by atoms with Gasteiger partial charge in [-0.05, 0) is 91.4 Å². The molecule has 0 spiro atoms. The van der Waals surface area contributed by atoms with Crippen LogP contribution in [-0.2, 0) is 33.4 Å². The van der Waals surface area contributed by atoms with E-state index in [1.54, 1.807) is 47.3 Å². The van der Waals surface area contributed by atoms with Crippen molar-refractivity contribution in [2.45, 2.75) is 134 Å². The van der Waals surface area contributed by atoms with Crippen molar-refractivity contribution < 1.29 is 33.4 Å². The summed E-state index contributed by atoms with van der Waals surface area (Å²) in [6.45, 7) is 14.5. The van der Waals surface area contributed by atoms with Crippen molar-refractivity contribution in [3.63, 3.8) is 0 Å². The van der Waals surface area contributed by atoms with Gasteiger partial charge in [0.2, 0.25) is 23.6 Å². The second-order valence-electron chi connectivity index (χ2n) is 20.2. The molecule has 4 aliphatic rings. The van der Waals surface area contributed by atoms with Crippen molar-refractivity contribution in [2.75, 3.05) is 45.0 Å². The number of likely N-dealkylation sites (N-methyl/N-ethyl adjacent to an activating group) is 1. The number of benzene rings is 2. The van der Waals surface area contributed by atoms with E-state index in [1.807, 2.05) is 74.5 Å². The Morgan fingerprint density at radius 1 is 0.675 bits per heavy atom. The second kappa shape index (κ2) is 42.0. The van der Waals surface area contributed by atoms with Crippen LogP contribution < -0.4 is 21.3 Å². The number of nitrogens with one attached hydrogen (secondary N) is 4. The fourth-order valence-electron chi connectivity index (χ4n) is 9.82. The summed E-state index contributed by atoms with van der Waals surface area (Å²) in [6.07, 6.45) is 3.62. The topological polar surface area (TPSA) is 158 Å². The van der Waals surface area contributed by atoms with Crippen LogP contribution in [0.1, 0.15) is 110 Å². The Balaban J connectivity index is -0.00000187. The van der Waals surface area contributed by atoms with Crippen LogP contribution in [0.4, 0.5) is 0 Å². The van der Waals surface area contributed by atoms with Gasteiger partial charge in [-0.3, -0.25) is 24.0 Å². The molecule has 458 valence electrons. The maximum absolute atomic E-state index is 14.4. The first kappa shape index (κ1) is 87.9. The van der Waals surface area contributed by atoms with Gasteiger partial charge in [-0.25, -0.2) is 0 Å². The normalized spacial score (nSPS) is 22.1. The highest BCUT2D eigenvalue weighted by atomic mass is 32.2. The minimum absolute atomic E-state index is 0. The van der Waals surface area contributed by atoms with Gasteiger partial charge < -0.3 is 40.5 Å². The van der Waals surface area contributed by atoms with Gasteiger partial charge in [0.25, 0.3) is 0 Å². The van der Waals surface area contributed by atoms with Crippen molar-refractivity contribution >= 4 is 205 Å². The second-order valence-corrected chi connectivity index (χ2v) is 23.2. The van der Waals surface area contributed by atoms with Crippen LogP contribution in [0, 0.1) is 46.3 Å². The summed E-state index contributed by atoms with van der Waals surface area (Å²) in [5, 5.41) is 12.5. The molecule has 80 heavy (non-hydrogen) atoms. The molecule has 0 unspecified atom stereocenters. The van der Waals surface area contributed by atoms with Crippen molar-refractivity contribution in [3.05, 3.63) is 71.8 Å². The molecule has 6 rings (SSSR count). The zero-order chi connectivity index (χ0) is 50.6. The average Bonchev–Trinajstić information content (AvgIpc) is 3.66. The number of carbonyl (C=O) groups is 5. The highest BCUT2D eigenvalue weighted by molar-refractivity contribution is 8.00. The lowest BCUT2D eigenvalue weighted by Crippen LogP contribution is -2.57. The van der Waals surface area contributed by atoms with Gasteiger partial charge in [0.15, 0.2) is 0 Å². The van der Waals surface area contributed by atoms with Crippen molar-refractivity contribution in [3.8, 4) is 23.7 Å². The van der Waals surface area contributed by atoms with Gasteiger partial charge in [-0.1, -0.05) is 126 Å². The van der Waals surface area contributed by atoms with Gasteiger partial charge in [0.05, 0.1) is 47.1 Å². The SMILES string of the molecule is CC[C@@H](C)C(=S)N[C@H]1CCS[C@H]2CC(C)(C)[C@@H](C(=O)N[C@H](COCC#CC#CCOC[C@@H](NC(=O)[C@H]3N4C(=O)[C@@H](CC(=O)[C@H](C)NC)CCS[C@H]4CC3(C)C)c3ccccc3)c3ccccc3)N2C1=O.S.S.S.S.S.S.S.S.S.S. The Labute approximate surface area is 561 Å². The highest BCUT2D eigenvalue weighted by Gasteiger charge is 2.56. The lowest BCUT2D eigenvalue weighted by molar-refractivity contribution is -0.145. The zero-order valence-electron chi connectivity index (χ0n) is 47.0. The number of ether oxygens (including phenoxy) is 2. The molecule has 2 aromatic rings. The van der Waals surface area contributed by atoms with Crippen molar-refractivity contribution in [2.24, 2.45) is 22.7 Å². The van der Waals surface area contributed by atoms with Gasteiger partial charge in [-0.15, -0.1) is 23.5 Å². The van der Waals surface area contributed by atoms with Crippen molar-refractivity contribution in [1.82, 2.24) is 31.1 Å². The minimum Gasteiger partial charge on any atom is -0.368 e. The van der Waals surface area contributed by atoms with Crippen LogP contribution in [0.15, 0.2) is 60.7 Å². The molecule has 13 nitrogen and oxygen atoms in total. The van der Waals surface area contributed by atoms with Gasteiger partial charge >= 0.3 is 0 Å². The lowest BCUT2D eigenvalue weighted by Gasteiger charge is -2.35. The van der Waals surface area contributed by atoms with E-state index in [9.17, 15) is 24.0 Å².